The van der Waals surface area contributed by atoms with Crippen molar-refractivity contribution in [3.05, 3.63) is 347 Å². The number of allylic oxidation sites excluding steroid dienone is 10. The zero-order valence-corrected chi connectivity index (χ0v) is 47.5. The van der Waals surface area contributed by atoms with Crippen molar-refractivity contribution in [3.63, 3.8) is 0 Å². The highest BCUT2D eigenvalue weighted by Gasteiger charge is 2.52. The fourth-order valence-corrected chi connectivity index (χ4v) is 15.7. The zero-order chi connectivity index (χ0) is 56.7. The van der Waals surface area contributed by atoms with Gasteiger partial charge in [0.15, 0.2) is 0 Å². The number of fused-ring (bicyclic) bond motifs is 15. The van der Waals surface area contributed by atoms with Crippen LogP contribution in [0.5, 0.6) is 0 Å². The van der Waals surface area contributed by atoms with E-state index in [1.807, 2.05) is 0 Å². The van der Waals surface area contributed by atoms with Crippen molar-refractivity contribution in [1.29, 1.82) is 0 Å². The van der Waals surface area contributed by atoms with Crippen molar-refractivity contribution < 1.29 is 8.83 Å². The van der Waals surface area contributed by atoms with Gasteiger partial charge in [0.05, 0.1) is 10.8 Å². The predicted octanol–water partition coefficient (Wildman–Crippen LogP) is 21.6. The third kappa shape index (κ3) is 6.97. The van der Waals surface area contributed by atoms with Gasteiger partial charge in [0.25, 0.3) is 0 Å². The van der Waals surface area contributed by atoms with Crippen LogP contribution < -0.4 is 4.90 Å². The molecule has 0 bridgehead atoms. The smallest absolute Gasteiger partial charge is 0.143 e. The first-order valence-corrected chi connectivity index (χ1v) is 30.4. The summed E-state index contributed by atoms with van der Waals surface area (Å²) >= 11 is 0. The van der Waals surface area contributed by atoms with E-state index in [2.05, 4.69) is 303 Å². The second kappa shape index (κ2) is 18.8. The van der Waals surface area contributed by atoms with E-state index in [4.69, 9.17) is 8.83 Å². The lowest BCUT2D eigenvalue weighted by molar-refractivity contribution is 0.667. The number of anilines is 3. The lowest BCUT2D eigenvalue weighted by Gasteiger charge is -2.37. The molecule has 1 saturated carbocycles. The van der Waals surface area contributed by atoms with Crippen molar-refractivity contribution in [2.45, 2.75) is 30.6 Å². The van der Waals surface area contributed by atoms with Gasteiger partial charge in [-0.2, -0.15) is 0 Å². The van der Waals surface area contributed by atoms with Crippen LogP contribution in [-0.4, -0.2) is 0 Å². The highest BCUT2D eigenvalue weighted by Crippen LogP contribution is 2.65. The average molecular weight is 1100 g/mol. The second-order valence-corrected chi connectivity index (χ2v) is 24.1. The van der Waals surface area contributed by atoms with Crippen LogP contribution in [0.15, 0.2) is 306 Å². The summed E-state index contributed by atoms with van der Waals surface area (Å²) in [6, 6.07) is 90.7. The number of hydrogen-bond acceptors (Lipinski definition) is 3. The summed E-state index contributed by atoms with van der Waals surface area (Å²) in [5.74, 6) is 1.08. The largest absolute Gasteiger partial charge is 0.455 e. The topological polar surface area (TPSA) is 29.5 Å². The predicted molar refractivity (Wildman–Crippen MR) is 355 cm³/mol. The normalized spacial score (nSPS) is 18.3. The van der Waals surface area contributed by atoms with Crippen LogP contribution in [0.2, 0.25) is 0 Å². The Hall–Kier alpha value is -10.5. The summed E-state index contributed by atoms with van der Waals surface area (Å²) in [5, 5.41) is 4.54. The zero-order valence-electron chi connectivity index (χ0n) is 47.5. The van der Waals surface area contributed by atoms with Gasteiger partial charge in [0.2, 0.25) is 0 Å². The summed E-state index contributed by atoms with van der Waals surface area (Å²) < 4.78 is 14.2. The minimum atomic E-state index is -0.742. The SMILES string of the molecule is Cc1ccc(N(c2ccc3c(c2)C(C2=CC4CC4C=C2)(c2ccccc2)c2cc(-c4ccccc4)c4oc5ccccc5c4c2-3)c2ccc3c(c2)C(c2ccccc2)(c2ccccc2)c2cc(C4=CCC=CC=C4)c4oc5ccccc5c4c2-3)cc1. The van der Waals surface area contributed by atoms with Crippen LogP contribution in [0, 0.1) is 18.8 Å². The van der Waals surface area contributed by atoms with Crippen LogP contribution in [0.4, 0.5) is 17.1 Å². The van der Waals surface area contributed by atoms with Crippen LogP contribution in [-0.2, 0) is 10.8 Å². The molecule has 0 amide bonds. The Morgan fingerprint density at radius 3 is 1.55 bits per heavy atom. The molecule has 18 rings (SSSR count). The number of para-hydroxylation sites is 2. The third-order valence-corrected chi connectivity index (χ3v) is 19.5. The molecular weight excluding hydrogens is 1040 g/mol. The molecule has 5 aliphatic carbocycles. The molecule has 0 saturated heterocycles. The fourth-order valence-electron chi connectivity index (χ4n) is 15.7. The van der Waals surface area contributed by atoms with Gasteiger partial charge >= 0.3 is 0 Å². The standard InChI is InChI=1S/C83H57NO2/c1-52-36-40-61(41-37-52)84(62-42-44-64-70(48-62)82(57-26-12-5-13-27-57,58-28-14-6-15-29-58)72-50-68(53-22-8-2-3-9-23-53)80-78(76(64)72)66-32-18-20-34-74(66)85-80)63-43-45-65-71(49-63)83(59-30-16-7-17-31-59,60-39-38-55-46-56(55)47-60)73-51-69(54-24-10-4-11-25-54)81-79(77(65)73)67-33-19-21-35-75(67)86-81/h2-8,10-45,47-51,55-56H,9,46H2,1H3. The molecule has 5 aliphatic rings. The molecule has 86 heavy (non-hydrogen) atoms. The molecule has 0 aliphatic heterocycles. The number of benzene rings is 11. The molecule has 0 N–H and O–H groups in total. The van der Waals surface area contributed by atoms with Gasteiger partial charge in [0, 0.05) is 49.7 Å². The van der Waals surface area contributed by atoms with E-state index in [0.717, 1.165) is 89.6 Å². The highest BCUT2D eigenvalue weighted by atomic mass is 16.3. The maximum absolute atomic E-state index is 7.10. The molecule has 3 atom stereocenters. The molecule has 406 valence electrons. The minimum absolute atomic E-state index is 0.502. The Labute approximate surface area is 500 Å². The van der Waals surface area contributed by atoms with Crippen molar-refractivity contribution in [1.82, 2.24) is 0 Å². The highest BCUT2D eigenvalue weighted by molar-refractivity contribution is 6.21. The average Bonchev–Trinajstić information content (AvgIpc) is 1.53. The van der Waals surface area contributed by atoms with E-state index < -0.39 is 10.8 Å². The van der Waals surface area contributed by atoms with Gasteiger partial charge in [-0.1, -0.05) is 236 Å². The molecule has 1 fully saturated rings. The molecule has 3 nitrogen and oxygen atoms in total. The Balaban J connectivity index is 0.939. The van der Waals surface area contributed by atoms with Crippen molar-refractivity contribution in [2.24, 2.45) is 11.8 Å². The van der Waals surface area contributed by atoms with Gasteiger partial charge in [-0.05, 0) is 170 Å². The molecule has 2 heterocycles. The number of hydrogen-bond donors (Lipinski definition) is 0. The quantitative estimate of drug-likeness (QED) is 0.144. The monoisotopic (exact) mass is 1100 g/mol. The van der Waals surface area contributed by atoms with E-state index in [9.17, 15) is 0 Å². The van der Waals surface area contributed by atoms with E-state index in [0.29, 0.717) is 11.8 Å². The molecule has 0 radical (unpaired) electrons. The summed E-state index contributed by atoms with van der Waals surface area (Å²) in [6.07, 6.45) is 20.7. The van der Waals surface area contributed by atoms with E-state index >= 15 is 0 Å². The molecule has 3 unspecified atom stereocenters. The van der Waals surface area contributed by atoms with Crippen molar-refractivity contribution in [2.75, 3.05) is 4.90 Å². The van der Waals surface area contributed by atoms with Gasteiger partial charge in [0.1, 0.15) is 22.3 Å². The van der Waals surface area contributed by atoms with E-state index in [1.165, 1.54) is 78.8 Å². The van der Waals surface area contributed by atoms with Crippen LogP contribution in [0.1, 0.15) is 62.9 Å². The maximum atomic E-state index is 7.10. The molecule has 3 heteroatoms. The van der Waals surface area contributed by atoms with Crippen molar-refractivity contribution >= 4 is 66.5 Å². The summed E-state index contributed by atoms with van der Waals surface area (Å²) in [4.78, 5) is 2.52. The lowest BCUT2D eigenvalue weighted by atomic mass is 9.65. The Bertz CT molecular complexity index is 5070. The van der Waals surface area contributed by atoms with Gasteiger partial charge in [-0.3, -0.25) is 0 Å². The van der Waals surface area contributed by atoms with Crippen LogP contribution in [0.3, 0.4) is 0 Å². The van der Waals surface area contributed by atoms with Crippen LogP contribution in [0.25, 0.3) is 82.8 Å². The summed E-state index contributed by atoms with van der Waals surface area (Å²) in [7, 11) is 0. The first-order valence-electron chi connectivity index (χ1n) is 30.4. The van der Waals surface area contributed by atoms with Gasteiger partial charge in [-0.15, -0.1) is 0 Å². The molecule has 11 aromatic carbocycles. The maximum Gasteiger partial charge on any atom is 0.143 e. The molecule has 13 aromatic rings. The summed E-state index contributed by atoms with van der Waals surface area (Å²) in [5.41, 5.74) is 25.9. The number of furan rings is 2. The number of aryl methyl sites for hydroxylation is 1. The van der Waals surface area contributed by atoms with Crippen LogP contribution >= 0.6 is 0 Å². The molecule has 2 aromatic heterocycles. The van der Waals surface area contributed by atoms with Gasteiger partial charge in [-0.25, -0.2) is 0 Å². The third-order valence-electron chi connectivity index (χ3n) is 19.5. The van der Waals surface area contributed by atoms with E-state index in [-0.39, 0.29) is 0 Å². The minimum Gasteiger partial charge on any atom is -0.455 e. The molecular formula is C83H57NO2. The number of rotatable bonds is 9. The van der Waals surface area contributed by atoms with Gasteiger partial charge < -0.3 is 13.7 Å². The number of nitrogens with zero attached hydrogens (tertiary/aromatic N) is 1. The second-order valence-electron chi connectivity index (χ2n) is 24.1. The first kappa shape index (κ1) is 49.0. The Morgan fingerprint density at radius 2 is 0.942 bits per heavy atom. The summed E-state index contributed by atoms with van der Waals surface area (Å²) in [6.45, 7) is 2.18. The van der Waals surface area contributed by atoms with Crippen molar-refractivity contribution in [3.8, 4) is 33.4 Å². The molecule has 0 spiro atoms. The lowest BCUT2D eigenvalue weighted by Crippen LogP contribution is -2.30. The van der Waals surface area contributed by atoms with E-state index in [1.54, 1.807) is 0 Å². The first-order chi connectivity index (χ1) is 42.6. The Morgan fingerprint density at radius 1 is 0.430 bits per heavy atom. The fraction of sp³-hybridized carbons (Fsp3) is 0.0843. The Kier molecular flexibility index (Phi) is 10.7.